The van der Waals surface area contributed by atoms with Gasteiger partial charge in [-0.25, -0.2) is 4.39 Å². The Balaban J connectivity index is 2.58. The van der Waals surface area contributed by atoms with Crippen LogP contribution < -0.4 is 0 Å². The van der Waals surface area contributed by atoms with Gasteiger partial charge in [-0.2, -0.15) is 0 Å². The van der Waals surface area contributed by atoms with E-state index < -0.39 is 5.82 Å². The minimum Gasteiger partial charge on any atom is -0.508 e. The van der Waals surface area contributed by atoms with E-state index in [2.05, 4.69) is 0 Å². The summed E-state index contributed by atoms with van der Waals surface area (Å²) in [6.07, 6.45) is 0. The predicted octanol–water partition coefficient (Wildman–Crippen LogP) is 3.56. The van der Waals surface area contributed by atoms with Gasteiger partial charge in [-0.05, 0) is 35.9 Å². The molecule has 0 unspecified atom stereocenters. The van der Waals surface area contributed by atoms with Crippen molar-refractivity contribution in [1.82, 2.24) is 0 Å². The fourth-order valence-electron chi connectivity index (χ4n) is 1.48. The lowest BCUT2D eigenvalue weighted by Crippen LogP contribution is -1.81. The van der Waals surface area contributed by atoms with E-state index >= 15 is 0 Å². The summed E-state index contributed by atoms with van der Waals surface area (Å²) < 4.78 is 12.8. The highest BCUT2D eigenvalue weighted by Gasteiger charge is 2.07. The van der Waals surface area contributed by atoms with Crippen LogP contribution in [0.3, 0.4) is 0 Å². The third kappa shape index (κ3) is 2.09. The first-order valence-corrected chi connectivity index (χ1v) is 4.92. The summed E-state index contributed by atoms with van der Waals surface area (Å²) >= 11 is 5.77. The fraction of sp³-hybridized carbons (Fsp3) is 0. The number of benzene rings is 2. The SMILES string of the molecule is Oc1cc(Cl)cc(-c2ccc(F)cc2O)c1. The van der Waals surface area contributed by atoms with Crippen molar-refractivity contribution in [3.8, 4) is 22.6 Å². The maximum Gasteiger partial charge on any atom is 0.126 e. The van der Waals surface area contributed by atoms with Crippen LogP contribution in [0.15, 0.2) is 36.4 Å². The van der Waals surface area contributed by atoms with E-state index in [-0.39, 0.29) is 11.5 Å². The Hall–Kier alpha value is -1.74. The molecular formula is C12H8ClFO2. The largest absolute Gasteiger partial charge is 0.508 e. The van der Waals surface area contributed by atoms with Crippen molar-refractivity contribution in [3.63, 3.8) is 0 Å². The molecule has 0 aliphatic heterocycles. The molecule has 0 amide bonds. The van der Waals surface area contributed by atoms with Crippen LogP contribution in [0, 0.1) is 5.82 Å². The standard InChI is InChI=1S/C12H8ClFO2/c13-8-3-7(4-10(15)5-8)11-2-1-9(14)6-12(11)16/h1-6,15-16H. The van der Waals surface area contributed by atoms with Gasteiger partial charge in [-0.15, -0.1) is 0 Å². The number of phenols is 2. The lowest BCUT2D eigenvalue weighted by molar-refractivity contribution is 0.470. The molecule has 0 aromatic heterocycles. The number of aromatic hydroxyl groups is 2. The van der Waals surface area contributed by atoms with Crippen molar-refractivity contribution in [2.45, 2.75) is 0 Å². The molecule has 2 nitrogen and oxygen atoms in total. The molecule has 2 rings (SSSR count). The molecule has 0 heterocycles. The lowest BCUT2D eigenvalue weighted by atomic mass is 10.0. The highest BCUT2D eigenvalue weighted by Crippen LogP contribution is 2.33. The monoisotopic (exact) mass is 238 g/mol. The molecule has 0 saturated carbocycles. The first kappa shape index (κ1) is 10.8. The molecule has 0 aliphatic rings. The average Bonchev–Trinajstić information content (AvgIpc) is 2.15. The summed E-state index contributed by atoms with van der Waals surface area (Å²) in [6, 6.07) is 8.06. The van der Waals surface area contributed by atoms with Crippen LogP contribution >= 0.6 is 11.6 Å². The highest BCUT2D eigenvalue weighted by molar-refractivity contribution is 6.31. The third-order valence-corrected chi connectivity index (χ3v) is 2.37. The maximum atomic E-state index is 12.8. The Morgan fingerprint density at radius 1 is 1.00 bits per heavy atom. The molecule has 2 N–H and O–H groups in total. The van der Waals surface area contributed by atoms with E-state index in [0.29, 0.717) is 16.1 Å². The number of phenolic OH excluding ortho intramolecular Hbond substituents is 2. The lowest BCUT2D eigenvalue weighted by Gasteiger charge is -2.06. The topological polar surface area (TPSA) is 40.5 Å². The zero-order valence-corrected chi connectivity index (χ0v) is 8.87. The molecular weight excluding hydrogens is 231 g/mol. The molecule has 0 bridgehead atoms. The van der Waals surface area contributed by atoms with Crippen LogP contribution in [0.1, 0.15) is 0 Å². The van der Waals surface area contributed by atoms with E-state index in [1.165, 1.54) is 24.3 Å². The van der Waals surface area contributed by atoms with Crippen LogP contribution in [0.2, 0.25) is 5.02 Å². The summed E-state index contributed by atoms with van der Waals surface area (Å²) in [5.74, 6) is -0.722. The summed E-state index contributed by atoms with van der Waals surface area (Å²) in [4.78, 5) is 0. The molecule has 2 aromatic rings. The minimum atomic E-state index is -0.521. The molecule has 2 aromatic carbocycles. The van der Waals surface area contributed by atoms with E-state index in [9.17, 15) is 14.6 Å². The van der Waals surface area contributed by atoms with Gasteiger partial charge in [0.1, 0.15) is 17.3 Å². The summed E-state index contributed by atoms with van der Waals surface area (Å²) in [5.41, 5.74) is 0.946. The van der Waals surface area contributed by atoms with Crippen LogP contribution in [-0.4, -0.2) is 10.2 Å². The average molecular weight is 239 g/mol. The molecule has 0 saturated heterocycles. The molecule has 0 spiro atoms. The van der Waals surface area contributed by atoms with Crippen LogP contribution in [0.4, 0.5) is 4.39 Å². The van der Waals surface area contributed by atoms with Crippen molar-refractivity contribution in [2.24, 2.45) is 0 Å². The second kappa shape index (κ2) is 4.02. The first-order valence-electron chi connectivity index (χ1n) is 4.55. The molecule has 0 radical (unpaired) electrons. The second-order valence-corrected chi connectivity index (χ2v) is 3.80. The molecule has 0 atom stereocenters. The minimum absolute atomic E-state index is 0.00812. The predicted molar refractivity (Wildman–Crippen MR) is 60.2 cm³/mol. The first-order chi connectivity index (χ1) is 7.56. The molecule has 16 heavy (non-hydrogen) atoms. The Labute approximate surface area is 96.5 Å². The maximum absolute atomic E-state index is 12.8. The van der Waals surface area contributed by atoms with Crippen molar-refractivity contribution in [1.29, 1.82) is 0 Å². The van der Waals surface area contributed by atoms with Crippen LogP contribution in [0.5, 0.6) is 11.5 Å². The summed E-state index contributed by atoms with van der Waals surface area (Å²) in [7, 11) is 0. The highest BCUT2D eigenvalue weighted by atomic mass is 35.5. The summed E-state index contributed by atoms with van der Waals surface area (Å²) in [5, 5.41) is 19.3. The van der Waals surface area contributed by atoms with Gasteiger partial charge >= 0.3 is 0 Å². The number of halogens is 2. The number of hydrogen-bond acceptors (Lipinski definition) is 2. The van der Waals surface area contributed by atoms with Gasteiger partial charge in [0.15, 0.2) is 0 Å². The van der Waals surface area contributed by atoms with E-state index in [4.69, 9.17) is 11.6 Å². The fourth-order valence-corrected chi connectivity index (χ4v) is 1.71. The van der Waals surface area contributed by atoms with Gasteiger partial charge in [0, 0.05) is 16.7 Å². The Bertz CT molecular complexity index is 520. The summed E-state index contributed by atoms with van der Waals surface area (Å²) in [6.45, 7) is 0. The Morgan fingerprint density at radius 3 is 2.38 bits per heavy atom. The van der Waals surface area contributed by atoms with Crippen LogP contribution in [0.25, 0.3) is 11.1 Å². The van der Waals surface area contributed by atoms with Gasteiger partial charge in [-0.1, -0.05) is 11.6 Å². The van der Waals surface area contributed by atoms with Gasteiger partial charge in [0.05, 0.1) is 0 Å². The second-order valence-electron chi connectivity index (χ2n) is 3.36. The van der Waals surface area contributed by atoms with Gasteiger partial charge < -0.3 is 10.2 Å². The zero-order valence-electron chi connectivity index (χ0n) is 8.11. The number of hydrogen-bond donors (Lipinski definition) is 2. The van der Waals surface area contributed by atoms with E-state index in [1.54, 1.807) is 6.07 Å². The van der Waals surface area contributed by atoms with E-state index in [0.717, 1.165) is 6.07 Å². The number of rotatable bonds is 1. The molecule has 4 heteroatoms. The molecule has 0 aliphatic carbocycles. The smallest absolute Gasteiger partial charge is 0.126 e. The van der Waals surface area contributed by atoms with Gasteiger partial charge in [-0.3, -0.25) is 0 Å². The van der Waals surface area contributed by atoms with Gasteiger partial charge in [0.25, 0.3) is 0 Å². The van der Waals surface area contributed by atoms with Gasteiger partial charge in [0.2, 0.25) is 0 Å². The normalized spacial score (nSPS) is 10.4. The van der Waals surface area contributed by atoms with Crippen molar-refractivity contribution in [3.05, 3.63) is 47.2 Å². The Morgan fingerprint density at radius 2 is 1.75 bits per heavy atom. The van der Waals surface area contributed by atoms with Crippen molar-refractivity contribution in [2.75, 3.05) is 0 Å². The van der Waals surface area contributed by atoms with Crippen molar-refractivity contribution >= 4 is 11.6 Å². The van der Waals surface area contributed by atoms with Crippen molar-refractivity contribution < 1.29 is 14.6 Å². The van der Waals surface area contributed by atoms with Crippen LogP contribution in [-0.2, 0) is 0 Å². The Kier molecular flexibility index (Phi) is 2.71. The molecule has 0 fully saturated rings. The van der Waals surface area contributed by atoms with E-state index in [1.807, 2.05) is 0 Å². The zero-order chi connectivity index (χ0) is 11.7. The third-order valence-electron chi connectivity index (χ3n) is 2.15. The quantitative estimate of drug-likeness (QED) is 0.798. The molecule has 82 valence electrons.